The molecule has 1 aliphatic heterocycles. The van der Waals surface area contributed by atoms with Crippen LogP contribution in [0.5, 0.6) is 5.75 Å². The number of halogens is 1. The minimum absolute atomic E-state index is 0.107. The van der Waals surface area contributed by atoms with Gasteiger partial charge in [-0.1, -0.05) is 24.3 Å². The maximum Gasteiger partial charge on any atom is 0.254 e. The molecule has 1 aliphatic rings. The van der Waals surface area contributed by atoms with Gasteiger partial charge in [0, 0.05) is 23.1 Å². The van der Waals surface area contributed by atoms with Gasteiger partial charge in [-0.3, -0.25) is 9.59 Å². The minimum atomic E-state index is -0.381. The molecule has 0 spiro atoms. The highest BCUT2D eigenvalue weighted by atomic mass is 32.1. The van der Waals surface area contributed by atoms with Crippen LogP contribution in [0.25, 0.3) is 0 Å². The topological polar surface area (TPSA) is 63.0 Å². The smallest absolute Gasteiger partial charge is 0.254 e. The quantitative estimate of drug-likeness (QED) is 0.326. The average molecular weight is 505 g/mol. The van der Waals surface area contributed by atoms with E-state index >= 15 is 0 Å². The van der Waals surface area contributed by atoms with Crippen molar-refractivity contribution in [2.75, 3.05) is 19.7 Å². The molecule has 1 unspecified atom stereocenters. The van der Waals surface area contributed by atoms with E-state index in [1.165, 1.54) is 21.9 Å². The summed E-state index contributed by atoms with van der Waals surface area (Å²) in [5.41, 5.74) is 1.53. The number of thiophene rings is 1. The van der Waals surface area contributed by atoms with Crippen LogP contribution in [0.4, 0.5) is 4.39 Å². The van der Waals surface area contributed by atoms with Crippen molar-refractivity contribution in [1.29, 1.82) is 0 Å². The Morgan fingerprint density at radius 1 is 1.08 bits per heavy atom. The Morgan fingerprint density at radius 3 is 2.72 bits per heavy atom. The lowest BCUT2D eigenvalue weighted by Gasteiger charge is -2.37. The Labute approximate surface area is 212 Å². The molecule has 0 N–H and O–H groups in total. The van der Waals surface area contributed by atoms with Gasteiger partial charge in [0.05, 0.1) is 18.8 Å². The molecular weight excluding hydrogens is 479 g/mol. The SMILES string of the molecule is O=C(c1ccccc1)N(CC(=O)N1CCc2sccc2C1COc1cccc(F)c1)Cc1ccco1. The maximum absolute atomic E-state index is 13.7. The molecule has 2 aromatic carbocycles. The van der Waals surface area contributed by atoms with E-state index in [4.69, 9.17) is 9.15 Å². The van der Waals surface area contributed by atoms with Crippen molar-refractivity contribution in [1.82, 2.24) is 9.80 Å². The van der Waals surface area contributed by atoms with Gasteiger partial charge in [-0.2, -0.15) is 0 Å². The Hall–Kier alpha value is -3.91. The van der Waals surface area contributed by atoms with Crippen molar-refractivity contribution in [3.63, 3.8) is 0 Å². The third kappa shape index (κ3) is 5.33. The molecule has 3 heterocycles. The fraction of sp³-hybridized carbons (Fsp3) is 0.214. The highest BCUT2D eigenvalue weighted by molar-refractivity contribution is 7.10. The average Bonchev–Trinajstić information content (AvgIpc) is 3.59. The Morgan fingerprint density at radius 2 is 1.94 bits per heavy atom. The fourth-order valence-electron chi connectivity index (χ4n) is 4.41. The van der Waals surface area contributed by atoms with Crippen molar-refractivity contribution in [2.24, 2.45) is 0 Å². The lowest BCUT2D eigenvalue weighted by molar-refractivity contribution is -0.135. The van der Waals surface area contributed by atoms with Crippen LogP contribution in [-0.2, 0) is 17.8 Å². The largest absolute Gasteiger partial charge is 0.491 e. The van der Waals surface area contributed by atoms with Crippen LogP contribution < -0.4 is 4.74 Å². The lowest BCUT2D eigenvalue weighted by atomic mass is 10.0. The number of ether oxygens (including phenoxy) is 1. The molecule has 1 atom stereocenters. The minimum Gasteiger partial charge on any atom is -0.491 e. The van der Waals surface area contributed by atoms with Crippen LogP contribution in [0, 0.1) is 5.82 Å². The number of carbonyl (C=O) groups is 2. The molecular formula is C28H25FN2O4S. The van der Waals surface area contributed by atoms with Crippen LogP contribution >= 0.6 is 11.3 Å². The predicted molar refractivity (Wildman–Crippen MR) is 134 cm³/mol. The van der Waals surface area contributed by atoms with E-state index < -0.39 is 0 Å². The van der Waals surface area contributed by atoms with E-state index in [9.17, 15) is 14.0 Å². The number of nitrogens with zero attached hydrogens (tertiary/aromatic N) is 2. The summed E-state index contributed by atoms with van der Waals surface area (Å²) in [5, 5.41) is 2.01. The van der Waals surface area contributed by atoms with E-state index in [1.54, 1.807) is 71.0 Å². The molecule has 5 rings (SSSR count). The third-order valence-electron chi connectivity index (χ3n) is 6.18. The van der Waals surface area contributed by atoms with Gasteiger partial charge >= 0.3 is 0 Å². The summed E-state index contributed by atoms with van der Waals surface area (Å²) in [7, 11) is 0. The molecule has 8 heteroatoms. The van der Waals surface area contributed by atoms with Crippen LogP contribution in [0.2, 0.25) is 0 Å². The van der Waals surface area contributed by atoms with Gasteiger partial charge in [-0.15, -0.1) is 11.3 Å². The Bertz CT molecular complexity index is 1320. The number of hydrogen-bond acceptors (Lipinski definition) is 5. The van der Waals surface area contributed by atoms with E-state index in [2.05, 4.69) is 0 Å². The van der Waals surface area contributed by atoms with Gasteiger partial charge in [-0.25, -0.2) is 4.39 Å². The standard InChI is InChI=1S/C28H25FN2O4S/c29-21-8-4-9-22(16-21)35-19-25-24-12-15-36-26(24)11-13-31(25)27(32)18-30(17-23-10-5-14-34-23)28(33)20-6-2-1-3-7-20/h1-10,12,14-16,25H,11,13,17-19H2. The molecule has 4 aromatic rings. The summed E-state index contributed by atoms with van der Waals surface area (Å²) in [6, 6.07) is 20.1. The van der Waals surface area contributed by atoms with E-state index in [0.717, 1.165) is 12.0 Å². The summed E-state index contributed by atoms with van der Waals surface area (Å²) in [4.78, 5) is 31.5. The number of fused-ring (bicyclic) bond motifs is 1. The summed E-state index contributed by atoms with van der Waals surface area (Å²) in [5.74, 6) is 0.185. The van der Waals surface area contributed by atoms with Gasteiger partial charge in [0.15, 0.2) is 0 Å². The number of carbonyl (C=O) groups excluding carboxylic acids is 2. The van der Waals surface area contributed by atoms with E-state index in [-0.39, 0.29) is 43.4 Å². The zero-order valence-corrected chi connectivity index (χ0v) is 20.3. The first-order valence-corrected chi connectivity index (χ1v) is 12.6. The third-order valence-corrected chi connectivity index (χ3v) is 7.18. The number of benzene rings is 2. The molecule has 184 valence electrons. The molecule has 6 nitrogen and oxygen atoms in total. The molecule has 0 radical (unpaired) electrons. The van der Waals surface area contributed by atoms with Gasteiger partial charge < -0.3 is 19.0 Å². The van der Waals surface area contributed by atoms with Gasteiger partial charge in [-0.05, 0) is 59.8 Å². The molecule has 2 amide bonds. The van der Waals surface area contributed by atoms with Crippen LogP contribution in [-0.4, -0.2) is 41.3 Å². The van der Waals surface area contributed by atoms with Crippen molar-refractivity contribution >= 4 is 23.2 Å². The predicted octanol–water partition coefficient (Wildman–Crippen LogP) is 5.33. The zero-order chi connectivity index (χ0) is 24.9. The molecule has 0 bridgehead atoms. The molecule has 0 saturated carbocycles. The second kappa shape index (κ2) is 10.8. The molecule has 0 aliphatic carbocycles. The highest BCUT2D eigenvalue weighted by Crippen LogP contribution is 2.34. The summed E-state index contributed by atoms with van der Waals surface area (Å²) in [6.07, 6.45) is 2.28. The molecule has 0 fully saturated rings. The lowest BCUT2D eigenvalue weighted by Crippen LogP contribution is -2.47. The van der Waals surface area contributed by atoms with Crippen LogP contribution in [0.3, 0.4) is 0 Å². The first-order chi connectivity index (χ1) is 17.6. The second-order valence-corrected chi connectivity index (χ2v) is 9.53. The number of hydrogen-bond donors (Lipinski definition) is 0. The Balaban J connectivity index is 1.37. The second-order valence-electron chi connectivity index (χ2n) is 8.53. The fourth-order valence-corrected chi connectivity index (χ4v) is 5.34. The van der Waals surface area contributed by atoms with Crippen LogP contribution in [0.15, 0.2) is 88.9 Å². The molecule has 36 heavy (non-hydrogen) atoms. The van der Waals surface area contributed by atoms with Gasteiger partial charge in [0.25, 0.3) is 5.91 Å². The summed E-state index contributed by atoms with van der Waals surface area (Å²) >= 11 is 1.66. The summed E-state index contributed by atoms with van der Waals surface area (Å²) < 4.78 is 25.0. The summed E-state index contributed by atoms with van der Waals surface area (Å²) in [6.45, 7) is 0.764. The van der Waals surface area contributed by atoms with Gasteiger partial charge in [0.2, 0.25) is 5.91 Å². The monoisotopic (exact) mass is 504 g/mol. The van der Waals surface area contributed by atoms with Crippen LogP contribution in [0.1, 0.15) is 32.6 Å². The number of furan rings is 1. The number of amides is 2. The highest BCUT2D eigenvalue weighted by Gasteiger charge is 2.34. The normalized spacial score (nSPS) is 14.8. The first kappa shape index (κ1) is 23.8. The molecule has 2 aromatic heterocycles. The van der Waals surface area contributed by atoms with Crippen molar-refractivity contribution in [3.05, 3.63) is 112 Å². The van der Waals surface area contributed by atoms with Crippen molar-refractivity contribution < 1.29 is 23.1 Å². The maximum atomic E-state index is 13.7. The van der Waals surface area contributed by atoms with Crippen molar-refractivity contribution in [2.45, 2.75) is 19.0 Å². The Kier molecular flexibility index (Phi) is 7.13. The first-order valence-electron chi connectivity index (χ1n) is 11.7. The zero-order valence-electron chi connectivity index (χ0n) is 19.5. The van der Waals surface area contributed by atoms with Gasteiger partial charge in [0.1, 0.15) is 30.5 Å². The molecule has 0 saturated heterocycles. The number of rotatable bonds is 8. The van der Waals surface area contributed by atoms with Crippen molar-refractivity contribution in [3.8, 4) is 5.75 Å². The van der Waals surface area contributed by atoms with E-state index in [1.807, 2.05) is 17.5 Å². The van der Waals surface area contributed by atoms with E-state index in [0.29, 0.717) is 23.6 Å².